The lowest BCUT2D eigenvalue weighted by molar-refractivity contribution is 0.575. The number of hydrogen-bond donors (Lipinski definition) is 1. The van der Waals surface area contributed by atoms with Crippen LogP contribution in [0.15, 0.2) is 17.5 Å². The van der Waals surface area contributed by atoms with Crippen LogP contribution in [0.3, 0.4) is 0 Å². The largest absolute Gasteiger partial charge is 0.304 e. The fraction of sp³-hybridized carbons (Fsp3) is 0.400. The molecule has 0 radical (unpaired) electrons. The molecule has 0 amide bonds. The summed E-state index contributed by atoms with van der Waals surface area (Å²) < 4.78 is 3.83. The highest BCUT2D eigenvalue weighted by Crippen LogP contribution is 2.22. The van der Waals surface area contributed by atoms with Gasteiger partial charge in [0.15, 0.2) is 0 Å². The summed E-state index contributed by atoms with van der Waals surface area (Å²) in [5, 5.41) is 9.40. The fourth-order valence-electron chi connectivity index (χ4n) is 1.31. The van der Waals surface area contributed by atoms with Crippen LogP contribution >= 0.6 is 22.9 Å². The lowest BCUT2D eigenvalue weighted by Crippen LogP contribution is -2.17. The van der Waals surface area contributed by atoms with Crippen molar-refractivity contribution in [3.8, 4) is 0 Å². The summed E-state index contributed by atoms with van der Waals surface area (Å²) in [6.07, 6.45) is 0. The second-order valence-corrected chi connectivity index (χ2v) is 5.38. The molecule has 80 valence electrons. The Morgan fingerprint density at radius 3 is 2.93 bits per heavy atom. The van der Waals surface area contributed by atoms with E-state index in [4.69, 9.17) is 0 Å². The zero-order valence-electron chi connectivity index (χ0n) is 8.73. The van der Waals surface area contributed by atoms with Gasteiger partial charge in [-0.1, -0.05) is 4.49 Å². The number of thiophene rings is 1. The molecule has 15 heavy (non-hydrogen) atoms. The topological polar surface area (TPSA) is 37.8 Å². The molecule has 0 spiro atoms. The lowest BCUT2D eigenvalue weighted by atomic mass is 10.2. The highest BCUT2D eigenvalue weighted by atomic mass is 32.1. The molecule has 0 fully saturated rings. The van der Waals surface area contributed by atoms with E-state index in [0.717, 1.165) is 12.2 Å². The third-order valence-corrected chi connectivity index (χ3v) is 3.92. The molecule has 1 unspecified atom stereocenters. The molecular weight excluding hydrogens is 226 g/mol. The molecule has 0 bridgehead atoms. The van der Waals surface area contributed by atoms with Gasteiger partial charge in [0.25, 0.3) is 0 Å². The van der Waals surface area contributed by atoms with Gasteiger partial charge in [-0.2, -0.15) is 0 Å². The molecule has 2 rings (SSSR count). The van der Waals surface area contributed by atoms with Gasteiger partial charge in [0.05, 0.1) is 5.69 Å². The molecule has 3 nitrogen and oxygen atoms in total. The average Bonchev–Trinajstić information content (AvgIpc) is 2.84. The second kappa shape index (κ2) is 4.83. The minimum absolute atomic E-state index is 0.380. The van der Waals surface area contributed by atoms with E-state index in [9.17, 15) is 0 Å². The van der Waals surface area contributed by atoms with Gasteiger partial charge in [0.2, 0.25) is 0 Å². The van der Waals surface area contributed by atoms with E-state index in [0.29, 0.717) is 6.04 Å². The maximum absolute atomic E-state index is 4.00. The summed E-state index contributed by atoms with van der Waals surface area (Å²) in [5.74, 6) is 0. The van der Waals surface area contributed by atoms with E-state index in [1.165, 1.54) is 21.3 Å². The standard InChI is InChI=1S/C10H13N3S2/c1-7-3-4-10(15-7)8(2)11-5-9-6-14-13-12-9/h3-4,6,8,11H,5H2,1-2H3. The number of aryl methyl sites for hydroxylation is 1. The average molecular weight is 239 g/mol. The molecule has 2 heterocycles. The van der Waals surface area contributed by atoms with Gasteiger partial charge in [-0.25, -0.2) is 0 Å². The van der Waals surface area contributed by atoms with Crippen LogP contribution in [0.2, 0.25) is 0 Å². The second-order valence-electron chi connectivity index (χ2n) is 3.45. The van der Waals surface area contributed by atoms with Crippen LogP contribution in [0, 0.1) is 6.92 Å². The minimum atomic E-state index is 0.380. The van der Waals surface area contributed by atoms with Crippen LogP contribution in [0.4, 0.5) is 0 Å². The normalized spacial score (nSPS) is 12.9. The number of rotatable bonds is 4. The molecule has 5 heteroatoms. The number of hydrogen-bond acceptors (Lipinski definition) is 5. The van der Waals surface area contributed by atoms with Gasteiger partial charge in [-0.3, -0.25) is 0 Å². The first-order valence-electron chi connectivity index (χ1n) is 4.81. The van der Waals surface area contributed by atoms with Gasteiger partial charge in [0.1, 0.15) is 0 Å². The highest BCUT2D eigenvalue weighted by Gasteiger charge is 2.07. The minimum Gasteiger partial charge on any atom is -0.304 e. The van der Waals surface area contributed by atoms with Crippen molar-refractivity contribution in [2.24, 2.45) is 0 Å². The van der Waals surface area contributed by atoms with Gasteiger partial charge in [-0.05, 0) is 37.5 Å². The Morgan fingerprint density at radius 2 is 2.33 bits per heavy atom. The summed E-state index contributed by atoms with van der Waals surface area (Å²) >= 11 is 3.23. The summed E-state index contributed by atoms with van der Waals surface area (Å²) in [6.45, 7) is 5.09. The summed E-state index contributed by atoms with van der Waals surface area (Å²) in [4.78, 5) is 2.73. The molecule has 0 aliphatic heterocycles. The maximum Gasteiger partial charge on any atom is 0.0893 e. The van der Waals surface area contributed by atoms with Crippen LogP contribution in [0.25, 0.3) is 0 Å². The number of aromatic nitrogens is 2. The van der Waals surface area contributed by atoms with Gasteiger partial charge >= 0.3 is 0 Å². The number of nitrogens with one attached hydrogen (secondary N) is 1. The van der Waals surface area contributed by atoms with Gasteiger partial charge in [0, 0.05) is 27.7 Å². The van der Waals surface area contributed by atoms with E-state index >= 15 is 0 Å². The van der Waals surface area contributed by atoms with E-state index in [1.54, 1.807) is 0 Å². The van der Waals surface area contributed by atoms with Crippen LogP contribution in [-0.2, 0) is 6.54 Å². The van der Waals surface area contributed by atoms with Crippen molar-refractivity contribution >= 4 is 22.9 Å². The van der Waals surface area contributed by atoms with E-state index in [2.05, 4.69) is 40.9 Å². The third-order valence-electron chi connectivity index (χ3n) is 2.18. The van der Waals surface area contributed by atoms with Crippen molar-refractivity contribution in [1.29, 1.82) is 0 Å². The van der Waals surface area contributed by atoms with E-state index < -0.39 is 0 Å². The Kier molecular flexibility index (Phi) is 3.45. The molecule has 2 aromatic heterocycles. The van der Waals surface area contributed by atoms with Gasteiger partial charge in [-0.15, -0.1) is 16.4 Å². The summed E-state index contributed by atoms with van der Waals surface area (Å²) in [6, 6.07) is 4.71. The lowest BCUT2D eigenvalue weighted by Gasteiger charge is -2.10. The Hall–Kier alpha value is -0.780. The van der Waals surface area contributed by atoms with Crippen molar-refractivity contribution in [2.75, 3.05) is 0 Å². The van der Waals surface area contributed by atoms with Crippen LogP contribution in [0.1, 0.15) is 28.4 Å². The van der Waals surface area contributed by atoms with E-state index in [1.807, 2.05) is 16.7 Å². The molecule has 0 saturated heterocycles. The number of nitrogens with zero attached hydrogens (tertiary/aromatic N) is 2. The van der Waals surface area contributed by atoms with Crippen LogP contribution < -0.4 is 5.32 Å². The highest BCUT2D eigenvalue weighted by molar-refractivity contribution is 7.12. The molecule has 1 atom stereocenters. The fourth-order valence-corrected chi connectivity index (χ4v) is 2.66. The van der Waals surface area contributed by atoms with Crippen LogP contribution in [-0.4, -0.2) is 9.59 Å². The SMILES string of the molecule is Cc1ccc(C(C)NCc2csnn2)s1. The monoisotopic (exact) mass is 239 g/mol. The van der Waals surface area contributed by atoms with Crippen molar-refractivity contribution < 1.29 is 0 Å². The molecule has 0 aliphatic rings. The van der Waals surface area contributed by atoms with Crippen molar-refractivity contribution in [2.45, 2.75) is 26.4 Å². The van der Waals surface area contributed by atoms with Crippen LogP contribution in [0.5, 0.6) is 0 Å². The molecule has 2 aromatic rings. The first-order chi connectivity index (χ1) is 7.25. The Balaban J connectivity index is 1.90. The molecule has 0 saturated carbocycles. The van der Waals surface area contributed by atoms with Crippen molar-refractivity contribution in [3.63, 3.8) is 0 Å². The smallest absolute Gasteiger partial charge is 0.0893 e. The molecule has 0 aromatic carbocycles. The van der Waals surface area contributed by atoms with E-state index in [-0.39, 0.29) is 0 Å². The zero-order valence-corrected chi connectivity index (χ0v) is 10.4. The Bertz CT molecular complexity index is 408. The molecular formula is C10H13N3S2. The maximum atomic E-state index is 4.00. The predicted molar refractivity (Wildman–Crippen MR) is 64.2 cm³/mol. The molecule has 1 N–H and O–H groups in total. The Labute approximate surface area is 97.3 Å². The van der Waals surface area contributed by atoms with Gasteiger partial charge < -0.3 is 5.32 Å². The van der Waals surface area contributed by atoms with Crippen molar-refractivity contribution in [3.05, 3.63) is 33.0 Å². The zero-order chi connectivity index (χ0) is 10.7. The first-order valence-corrected chi connectivity index (χ1v) is 6.46. The summed E-state index contributed by atoms with van der Waals surface area (Å²) in [7, 11) is 0. The Morgan fingerprint density at radius 1 is 1.47 bits per heavy atom. The van der Waals surface area contributed by atoms with Crippen molar-refractivity contribution in [1.82, 2.24) is 14.9 Å². The molecule has 0 aliphatic carbocycles. The summed E-state index contributed by atoms with van der Waals surface area (Å²) in [5.41, 5.74) is 1.01. The third kappa shape index (κ3) is 2.84. The first kappa shape index (κ1) is 10.7. The quantitative estimate of drug-likeness (QED) is 0.891. The predicted octanol–water partition coefficient (Wildman–Crippen LogP) is 2.76.